The molecule has 3 rings (SSSR count). The fourth-order valence-corrected chi connectivity index (χ4v) is 3.76. The average molecular weight is 346 g/mol. The number of aryl methyl sites for hydroxylation is 1. The number of hydrogen-bond donors (Lipinski definition) is 0. The van der Waals surface area contributed by atoms with Gasteiger partial charge in [-0.2, -0.15) is 0 Å². The first-order chi connectivity index (χ1) is 11.5. The van der Waals surface area contributed by atoms with E-state index in [1.807, 2.05) is 28.2 Å². The molecule has 0 spiro atoms. The minimum absolute atomic E-state index is 0.0505. The van der Waals surface area contributed by atoms with Gasteiger partial charge in [0.05, 0.1) is 10.6 Å². The van der Waals surface area contributed by atoms with E-state index in [0.29, 0.717) is 37.4 Å². The number of anilines is 1. The number of ketones is 1. The zero-order chi connectivity index (χ0) is 17.3. The van der Waals surface area contributed by atoms with E-state index >= 15 is 0 Å². The van der Waals surface area contributed by atoms with E-state index < -0.39 is 5.82 Å². The predicted octanol–water partition coefficient (Wildman–Crippen LogP) is 3.36. The standard InChI is InChI=1S/C18H19FN2O2S/c1-12-5-10-24-17(12)18(23)21-8-6-20(7-9-21)16-4-3-14(13(2)22)11-15(16)19/h3-5,10-11H,6-9H2,1-2H3. The number of benzene rings is 1. The summed E-state index contributed by atoms with van der Waals surface area (Å²) in [6.07, 6.45) is 0. The van der Waals surface area contributed by atoms with Gasteiger partial charge in [0.2, 0.25) is 0 Å². The molecule has 0 unspecified atom stereocenters. The third-order valence-corrected chi connectivity index (χ3v) is 5.32. The Hall–Kier alpha value is -2.21. The summed E-state index contributed by atoms with van der Waals surface area (Å²) < 4.78 is 14.3. The molecule has 4 nitrogen and oxygen atoms in total. The second kappa shape index (κ2) is 6.73. The average Bonchev–Trinajstić information content (AvgIpc) is 3.00. The number of carbonyl (C=O) groups is 2. The van der Waals surface area contributed by atoms with Crippen LogP contribution in [-0.2, 0) is 0 Å². The second-order valence-corrected chi connectivity index (χ2v) is 6.85. The highest BCUT2D eigenvalue weighted by atomic mass is 32.1. The summed E-state index contributed by atoms with van der Waals surface area (Å²) in [7, 11) is 0. The van der Waals surface area contributed by atoms with E-state index in [4.69, 9.17) is 0 Å². The summed E-state index contributed by atoms with van der Waals surface area (Å²) in [6, 6.07) is 6.52. The lowest BCUT2D eigenvalue weighted by atomic mass is 10.1. The first-order valence-electron chi connectivity index (χ1n) is 7.86. The summed E-state index contributed by atoms with van der Waals surface area (Å²) in [6.45, 7) is 5.63. The molecule has 0 bridgehead atoms. The molecule has 1 saturated heterocycles. The minimum atomic E-state index is -0.392. The van der Waals surface area contributed by atoms with Crippen molar-refractivity contribution in [1.29, 1.82) is 0 Å². The van der Waals surface area contributed by atoms with Gasteiger partial charge in [-0.1, -0.05) is 0 Å². The monoisotopic (exact) mass is 346 g/mol. The Bertz CT molecular complexity index is 779. The van der Waals surface area contributed by atoms with Gasteiger partial charge in [0.25, 0.3) is 5.91 Å². The lowest BCUT2D eigenvalue weighted by Gasteiger charge is -2.36. The summed E-state index contributed by atoms with van der Waals surface area (Å²) in [5, 5.41) is 1.92. The fraction of sp³-hybridized carbons (Fsp3) is 0.333. The van der Waals surface area contributed by atoms with E-state index in [2.05, 4.69) is 0 Å². The number of Topliss-reactive ketones (excluding diaryl/α,β-unsaturated/α-hetero) is 1. The van der Waals surface area contributed by atoms with Crippen molar-refractivity contribution >= 4 is 28.7 Å². The van der Waals surface area contributed by atoms with Crippen molar-refractivity contribution in [1.82, 2.24) is 4.90 Å². The van der Waals surface area contributed by atoms with Crippen molar-refractivity contribution in [3.63, 3.8) is 0 Å². The smallest absolute Gasteiger partial charge is 0.264 e. The van der Waals surface area contributed by atoms with E-state index in [9.17, 15) is 14.0 Å². The Balaban J connectivity index is 1.68. The molecule has 1 fully saturated rings. The van der Waals surface area contributed by atoms with Gasteiger partial charge in [-0.3, -0.25) is 9.59 Å². The molecule has 1 amide bonds. The summed E-state index contributed by atoms with van der Waals surface area (Å²) in [4.78, 5) is 28.4. The van der Waals surface area contributed by atoms with Crippen LogP contribution in [0, 0.1) is 12.7 Å². The van der Waals surface area contributed by atoms with Crippen molar-refractivity contribution in [3.8, 4) is 0 Å². The second-order valence-electron chi connectivity index (χ2n) is 5.93. The first kappa shape index (κ1) is 16.6. The molecular formula is C18H19FN2O2S. The molecule has 1 aliphatic heterocycles. The number of carbonyl (C=O) groups excluding carboxylic acids is 2. The van der Waals surface area contributed by atoms with Crippen molar-refractivity contribution in [2.24, 2.45) is 0 Å². The highest BCUT2D eigenvalue weighted by molar-refractivity contribution is 7.12. The van der Waals surface area contributed by atoms with E-state index in [1.54, 1.807) is 12.1 Å². The zero-order valence-corrected chi connectivity index (χ0v) is 14.5. The number of piperazine rings is 1. The molecule has 2 aromatic rings. The highest BCUT2D eigenvalue weighted by Crippen LogP contribution is 2.24. The molecule has 1 aliphatic rings. The van der Waals surface area contributed by atoms with E-state index in [0.717, 1.165) is 10.4 Å². The Labute approximate surface area is 144 Å². The van der Waals surface area contributed by atoms with E-state index in [1.165, 1.54) is 24.3 Å². The Morgan fingerprint density at radius 2 is 1.83 bits per heavy atom. The van der Waals surface area contributed by atoms with Crippen molar-refractivity contribution in [2.75, 3.05) is 31.1 Å². The van der Waals surface area contributed by atoms with Crippen LogP contribution >= 0.6 is 11.3 Å². The number of nitrogens with zero attached hydrogens (tertiary/aromatic N) is 2. The van der Waals surface area contributed by atoms with Crippen molar-refractivity contribution in [2.45, 2.75) is 13.8 Å². The van der Waals surface area contributed by atoms with Gasteiger partial charge < -0.3 is 9.80 Å². The highest BCUT2D eigenvalue weighted by Gasteiger charge is 2.25. The fourth-order valence-electron chi connectivity index (χ4n) is 2.87. The third kappa shape index (κ3) is 3.19. The molecular weight excluding hydrogens is 327 g/mol. The topological polar surface area (TPSA) is 40.6 Å². The third-order valence-electron chi connectivity index (χ3n) is 4.32. The molecule has 0 aliphatic carbocycles. The van der Waals surface area contributed by atoms with Crippen LogP contribution in [0.2, 0.25) is 0 Å². The first-order valence-corrected chi connectivity index (χ1v) is 8.74. The van der Waals surface area contributed by atoms with Crippen LogP contribution in [0.15, 0.2) is 29.6 Å². The van der Waals surface area contributed by atoms with Crippen LogP contribution < -0.4 is 4.90 Å². The number of hydrogen-bond acceptors (Lipinski definition) is 4. The number of amides is 1. The maximum absolute atomic E-state index is 14.3. The predicted molar refractivity (Wildman–Crippen MR) is 93.6 cm³/mol. The number of halogens is 1. The van der Waals surface area contributed by atoms with Gasteiger partial charge >= 0.3 is 0 Å². The molecule has 0 saturated carbocycles. The van der Waals surface area contributed by atoms with E-state index in [-0.39, 0.29) is 11.7 Å². The molecule has 0 N–H and O–H groups in total. The van der Waals surface area contributed by atoms with Gasteiger partial charge in [0.1, 0.15) is 5.82 Å². The van der Waals surface area contributed by atoms with Crippen molar-refractivity contribution < 1.29 is 14.0 Å². The van der Waals surface area contributed by atoms with Crippen LogP contribution in [0.1, 0.15) is 32.5 Å². The Morgan fingerprint density at radius 1 is 1.12 bits per heavy atom. The van der Waals surface area contributed by atoms with Crippen LogP contribution in [-0.4, -0.2) is 42.8 Å². The molecule has 1 aromatic carbocycles. The van der Waals surface area contributed by atoms with Crippen LogP contribution in [0.25, 0.3) is 0 Å². The van der Waals surface area contributed by atoms with Crippen molar-refractivity contribution in [3.05, 3.63) is 51.5 Å². The van der Waals surface area contributed by atoms with Gasteiger partial charge in [-0.25, -0.2) is 4.39 Å². The molecule has 2 heterocycles. The normalized spacial score (nSPS) is 14.8. The van der Waals surface area contributed by atoms with Gasteiger partial charge in [0.15, 0.2) is 5.78 Å². The molecule has 0 atom stereocenters. The van der Waals surface area contributed by atoms with Gasteiger partial charge in [-0.15, -0.1) is 11.3 Å². The molecule has 0 radical (unpaired) electrons. The van der Waals surface area contributed by atoms with Crippen LogP contribution in [0.3, 0.4) is 0 Å². The Kier molecular flexibility index (Phi) is 4.66. The Morgan fingerprint density at radius 3 is 2.38 bits per heavy atom. The van der Waals surface area contributed by atoms with Crippen LogP contribution in [0.4, 0.5) is 10.1 Å². The molecule has 6 heteroatoms. The quantitative estimate of drug-likeness (QED) is 0.800. The number of thiophene rings is 1. The molecule has 1 aromatic heterocycles. The largest absolute Gasteiger partial charge is 0.366 e. The molecule has 126 valence electrons. The lowest BCUT2D eigenvalue weighted by molar-refractivity contribution is 0.0750. The summed E-state index contributed by atoms with van der Waals surface area (Å²) in [5.41, 5.74) is 1.86. The maximum atomic E-state index is 14.3. The van der Waals surface area contributed by atoms with Crippen LogP contribution in [0.5, 0.6) is 0 Å². The zero-order valence-electron chi connectivity index (χ0n) is 13.7. The summed E-state index contributed by atoms with van der Waals surface area (Å²) in [5.74, 6) is -0.492. The number of rotatable bonds is 3. The summed E-state index contributed by atoms with van der Waals surface area (Å²) >= 11 is 1.46. The maximum Gasteiger partial charge on any atom is 0.264 e. The SMILES string of the molecule is CC(=O)c1ccc(N2CCN(C(=O)c3sccc3C)CC2)c(F)c1. The minimum Gasteiger partial charge on any atom is -0.366 e. The molecule has 24 heavy (non-hydrogen) atoms. The van der Waals surface area contributed by atoms with Gasteiger partial charge in [-0.05, 0) is 49.1 Å². The van der Waals surface area contributed by atoms with Gasteiger partial charge in [0, 0.05) is 31.7 Å². The lowest BCUT2D eigenvalue weighted by Crippen LogP contribution is -2.49.